The minimum Gasteiger partial charge on any atom is -0.205 e. The van der Waals surface area contributed by atoms with E-state index in [0.717, 1.165) is 14.6 Å². The number of fused-ring (bicyclic) bond motifs is 1. The van der Waals surface area contributed by atoms with Gasteiger partial charge in [-0.3, -0.25) is 0 Å². The van der Waals surface area contributed by atoms with E-state index in [4.69, 9.17) is 11.6 Å². The standard InChI is InChI=1S/C8H3BrClFS/c9-5-3-6(11)7(10)8-4(5)1-2-12-8/h1-3H. The van der Waals surface area contributed by atoms with Crippen molar-refractivity contribution in [2.45, 2.75) is 0 Å². The average molecular weight is 266 g/mol. The van der Waals surface area contributed by atoms with Crippen molar-refractivity contribution in [1.82, 2.24) is 0 Å². The topological polar surface area (TPSA) is 0 Å². The maximum Gasteiger partial charge on any atom is 0.144 e. The molecule has 0 unspecified atom stereocenters. The fourth-order valence-corrected chi connectivity index (χ4v) is 2.83. The van der Waals surface area contributed by atoms with Crippen molar-refractivity contribution in [1.29, 1.82) is 0 Å². The summed E-state index contributed by atoms with van der Waals surface area (Å²) in [5.74, 6) is -0.376. The Balaban J connectivity index is 2.97. The lowest BCUT2D eigenvalue weighted by atomic mass is 10.2. The van der Waals surface area contributed by atoms with Gasteiger partial charge in [-0.1, -0.05) is 27.5 Å². The van der Waals surface area contributed by atoms with Crippen molar-refractivity contribution in [2.75, 3.05) is 0 Å². The molecule has 2 rings (SSSR count). The van der Waals surface area contributed by atoms with E-state index in [9.17, 15) is 4.39 Å². The molecule has 0 fully saturated rings. The molecule has 1 aromatic carbocycles. The highest BCUT2D eigenvalue weighted by atomic mass is 79.9. The summed E-state index contributed by atoms with van der Waals surface area (Å²) in [7, 11) is 0. The van der Waals surface area contributed by atoms with Crippen molar-refractivity contribution in [2.24, 2.45) is 0 Å². The van der Waals surface area contributed by atoms with Gasteiger partial charge in [0.05, 0.1) is 9.72 Å². The molecule has 2 aromatic rings. The van der Waals surface area contributed by atoms with Gasteiger partial charge in [0.2, 0.25) is 0 Å². The Morgan fingerprint density at radius 1 is 1.50 bits per heavy atom. The fourth-order valence-electron chi connectivity index (χ4n) is 1.03. The molecule has 0 aliphatic carbocycles. The molecule has 0 radical (unpaired) electrons. The fraction of sp³-hybridized carbons (Fsp3) is 0. The zero-order chi connectivity index (χ0) is 8.72. The number of hydrogen-bond acceptors (Lipinski definition) is 1. The first-order chi connectivity index (χ1) is 5.70. The number of rotatable bonds is 0. The number of halogens is 3. The van der Waals surface area contributed by atoms with Gasteiger partial charge in [-0.2, -0.15) is 0 Å². The van der Waals surface area contributed by atoms with Gasteiger partial charge >= 0.3 is 0 Å². The summed E-state index contributed by atoms with van der Waals surface area (Å²) in [6.45, 7) is 0. The van der Waals surface area contributed by atoms with Crippen LogP contribution in [0.2, 0.25) is 5.02 Å². The minimum absolute atomic E-state index is 0.211. The van der Waals surface area contributed by atoms with Gasteiger partial charge in [0.15, 0.2) is 0 Å². The Labute approximate surface area is 86.1 Å². The molecule has 1 heterocycles. The van der Waals surface area contributed by atoms with Crippen LogP contribution in [0.4, 0.5) is 4.39 Å². The smallest absolute Gasteiger partial charge is 0.144 e. The van der Waals surface area contributed by atoms with Gasteiger partial charge in [-0.25, -0.2) is 4.39 Å². The third kappa shape index (κ3) is 1.16. The van der Waals surface area contributed by atoms with Crippen molar-refractivity contribution < 1.29 is 4.39 Å². The molecular formula is C8H3BrClFS. The first-order valence-corrected chi connectivity index (χ1v) is 5.26. The summed E-state index contributed by atoms with van der Waals surface area (Å²) >= 11 is 10.5. The molecule has 0 amide bonds. The summed E-state index contributed by atoms with van der Waals surface area (Å²) in [5.41, 5.74) is 0. The predicted molar refractivity (Wildman–Crippen MR) is 54.5 cm³/mol. The van der Waals surface area contributed by atoms with Gasteiger partial charge in [0.25, 0.3) is 0 Å². The zero-order valence-electron chi connectivity index (χ0n) is 5.77. The summed E-state index contributed by atoms with van der Waals surface area (Å²) in [4.78, 5) is 0. The van der Waals surface area contributed by atoms with E-state index < -0.39 is 0 Å². The van der Waals surface area contributed by atoms with Crippen molar-refractivity contribution >= 4 is 49.0 Å². The summed E-state index contributed by atoms with van der Waals surface area (Å²) in [5, 5.41) is 3.07. The molecule has 0 atom stereocenters. The molecule has 4 heteroatoms. The van der Waals surface area contributed by atoms with Crippen LogP contribution in [-0.4, -0.2) is 0 Å². The quantitative estimate of drug-likeness (QED) is 0.617. The highest BCUT2D eigenvalue weighted by molar-refractivity contribution is 9.10. The van der Waals surface area contributed by atoms with Crippen molar-refractivity contribution in [3.8, 4) is 0 Å². The van der Waals surface area contributed by atoms with E-state index in [2.05, 4.69) is 15.9 Å². The summed E-state index contributed by atoms with van der Waals surface area (Å²) in [6.07, 6.45) is 0. The van der Waals surface area contributed by atoms with Crippen LogP contribution >= 0.6 is 38.9 Å². The molecule has 62 valence electrons. The Bertz CT molecular complexity index is 438. The molecular weight excluding hydrogens is 263 g/mol. The maximum atomic E-state index is 13.0. The Kier molecular flexibility index (Phi) is 2.10. The Morgan fingerprint density at radius 2 is 2.25 bits per heavy atom. The van der Waals surface area contributed by atoms with E-state index in [1.165, 1.54) is 17.4 Å². The highest BCUT2D eigenvalue weighted by Gasteiger charge is 2.09. The molecule has 0 saturated carbocycles. The number of thiophene rings is 1. The number of benzene rings is 1. The van der Waals surface area contributed by atoms with Crippen molar-refractivity contribution in [3.63, 3.8) is 0 Å². The number of hydrogen-bond donors (Lipinski definition) is 0. The van der Waals surface area contributed by atoms with Gasteiger partial charge < -0.3 is 0 Å². The van der Waals surface area contributed by atoms with Crippen molar-refractivity contribution in [3.05, 3.63) is 32.8 Å². The van der Waals surface area contributed by atoms with E-state index in [0.29, 0.717) is 0 Å². The lowest BCUT2D eigenvalue weighted by Gasteiger charge is -1.97. The van der Waals surface area contributed by atoms with Gasteiger partial charge in [-0.05, 0) is 17.5 Å². The summed E-state index contributed by atoms with van der Waals surface area (Å²) in [6, 6.07) is 3.30. The molecule has 0 nitrogen and oxygen atoms in total. The molecule has 12 heavy (non-hydrogen) atoms. The third-order valence-electron chi connectivity index (χ3n) is 1.59. The van der Waals surface area contributed by atoms with E-state index in [-0.39, 0.29) is 10.8 Å². The van der Waals surface area contributed by atoms with Crippen LogP contribution in [0.1, 0.15) is 0 Å². The van der Waals surface area contributed by atoms with Crippen LogP contribution in [-0.2, 0) is 0 Å². The third-order valence-corrected chi connectivity index (χ3v) is 3.65. The van der Waals surface area contributed by atoms with Crippen LogP contribution in [0.3, 0.4) is 0 Å². The monoisotopic (exact) mass is 264 g/mol. The highest BCUT2D eigenvalue weighted by Crippen LogP contribution is 2.35. The van der Waals surface area contributed by atoms with Gasteiger partial charge in [0, 0.05) is 9.86 Å². The Hall–Kier alpha value is -0.120. The predicted octanol–water partition coefficient (Wildman–Crippen LogP) is 4.46. The lowest BCUT2D eigenvalue weighted by molar-refractivity contribution is 0.629. The molecule has 0 N–H and O–H groups in total. The first-order valence-electron chi connectivity index (χ1n) is 3.21. The normalized spacial score (nSPS) is 10.9. The molecule has 0 saturated heterocycles. The first kappa shape index (κ1) is 8.48. The maximum absolute atomic E-state index is 13.0. The molecule has 0 bridgehead atoms. The molecule has 0 spiro atoms. The molecule has 1 aromatic heterocycles. The second kappa shape index (κ2) is 2.98. The van der Waals surface area contributed by atoms with E-state index in [1.807, 2.05) is 11.4 Å². The zero-order valence-corrected chi connectivity index (χ0v) is 8.93. The van der Waals surface area contributed by atoms with E-state index >= 15 is 0 Å². The molecule has 0 aliphatic heterocycles. The molecule has 0 aliphatic rings. The van der Waals surface area contributed by atoms with Gasteiger partial charge in [-0.15, -0.1) is 11.3 Å². The average Bonchev–Trinajstić information content (AvgIpc) is 2.48. The minimum atomic E-state index is -0.376. The van der Waals surface area contributed by atoms with Crippen LogP contribution in [0.25, 0.3) is 10.1 Å². The van der Waals surface area contributed by atoms with Crippen LogP contribution in [0.15, 0.2) is 22.0 Å². The van der Waals surface area contributed by atoms with Crippen LogP contribution in [0.5, 0.6) is 0 Å². The van der Waals surface area contributed by atoms with Crippen LogP contribution < -0.4 is 0 Å². The van der Waals surface area contributed by atoms with Gasteiger partial charge in [0.1, 0.15) is 5.82 Å². The second-order valence-electron chi connectivity index (χ2n) is 2.32. The lowest BCUT2D eigenvalue weighted by Crippen LogP contribution is -1.77. The second-order valence-corrected chi connectivity index (χ2v) is 4.47. The Morgan fingerprint density at radius 3 is 3.00 bits per heavy atom. The largest absolute Gasteiger partial charge is 0.205 e. The van der Waals surface area contributed by atoms with Crippen LogP contribution in [0, 0.1) is 5.82 Å². The van der Waals surface area contributed by atoms with E-state index in [1.54, 1.807) is 0 Å². The summed E-state index contributed by atoms with van der Waals surface area (Å²) < 4.78 is 14.6. The SMILES string of the molecule is Fc1cc(Br)c2ccsc2c1Cl.